The van der Waals surface area contributed by atoms with Crippen molar-refractivity contribution in [2.45, 2.75) is 89.6 Å². The van der Waals surface area contributed by atoms with E-state index in [4.69, 9.17) is 5.73 Å². The van der Waals surface area contributed by atoms with Crippen LogP contribution in [0.15, 0.2) is 30.5 Å². The second-order valence-corrected chi connectivity index (χ2v) is 11.1. The lowest BCUT2D eigenvalue weighted by atomic mass is 9.85. The highest BCUT2D eigenvalue weighted by atomic mass is 19.4. The molecule has 0 radical (unpaired) electrons. The lowest BCUT2D eigenvalue weighted by Gasteiger charge is -2.35. The molecule has 208 valence electrons. The van der Waals surface area contributed by atoms with E-state index in [9.17, 15) is 22.8 Å². The molecule has 4 N–H and O–H groups in total. The van der Waals surface area contributed by atoms with Crippen molar-refractivity contribution < 1.29 is 22.8 Å². The highest BCUT2D eigenvalue weighted by Crippen LogP contribution is 2.37. The molecule has 0 spiro atoms. The number of halogens is 3. The van der Waals surface area contributed by atoms with E-state index in [2.05, 4.69) is 15.6 Å². The smallest absolute Gasteiger partial charge is 0.383 e. The standard InChI is InChI=1S/C28H38F3N5O2/c1-17(2)14-23(35-21-8-6-20(7-9-21)28(29,30)31)27(38)36-13-3-4-24(36)26(37)34-16-18-5-10-22-19(15-18)11-12-33-25(22)32/h5,10-12,15,17,20-21,23-24,35H,3-4,6-9,13-14,16H2,1-2H3,(H2,32,33)(H,34,37)/t20?,21?,23-,24+/m1/s1. The number of hydrogen-bond donors (Lipinski definition) is 3. The first-order valence-corrected chi connectivity index (χ1v) is 13.6. The number of likely N-dealkylation sites (tertiary alicyclic amines) is 1. The van der Waals surface area contributed by atoms with Crippen molar-refractivity contribution in [3.63, 3.8) is 0 Å². The van der Waals surface area contributed by atoms with E-state index in [1.54, 1.807) is 11.1 Å². The zero-order valence-corrected chi connectivity index (χ0v) is 22.1. The molecule has 2 fully saturated rings. The van der Waals surface area contributed by atoms with Crippen LogP contribution < -0.4 is 16.4 Å². The molecule has 1 aliphatic carbocycles. The van der Waals surface area contributed by atoms with Crippen LogP contribution in [0.1, 0.15) is 64.4 Å². The summed E-state index contributed by atoms with van der Waals surface area (Å²) in [6.07, 6.45) is 0.314. The van der Waals surface area contributed by atoms with Crippen LogP contribution >= 0.6 is 0 Å². The maximum absolute atomic E-state index is 13.6. The number of benzene rings is 1. The Labute approximate surface area is 221 Å². The average Bonchev–Trinajstić information content (AvgIpc) is 3.36. The predicted molar refractivity (Wildman–Crippen MR) is 141 cm³/mol. The number of fused-ring (bicyclic) bond motifs is 1. The zero-order chi connectivity index (χ0) is 27.4. The monoisotopic (exact) mass is 533 g/mol. The van der Waals surface area contributed by atoms with E-state index in [-0.39, 0.29) is 36.6 Å². The molecule has 2 amide bonds. The fourth-order valence-corrected chi connectivity index (χ4v) is 5.75. The van der Waals surface area contributed by atoms with Gasteiger partial charge in [0.2, 0.25) is 11.8 Å². The van der Waals surface area contributed by atoms with Gasteiger partial charge in [-0.3, -0.25) is 9.59 Å². The number of anilines is 1. The van der Waals surface area contributed by atoms with E-state index in [0.29, 0.717) is 44.6 Å². The molecule has 10 heteroatoms. The zero-order valence-electron chi connectivity index (χ0n) is 22.1. The Balaban J connectivity index is 1.37. The summed E-state index contributed by atoms with van der Waals surface area (Å²) < 4.78 is 39.3. The van der Waals surface area contributed by atoms with Crippen LogP contribution in [-0.2, 0) is 16.1 Å². The quantitative estimate of drug-likeness (QED) is 0.462. The molecular weight excluding hydrogens is 495 g/mol. The number of alkyl halides is 3. The maximum atomic E-state index is 13.6. The van der Waals surface area contributed by atoms with Crippen molar-refractivity contribution in [2.24, 2.45) is 11.8 Å². The van der Waals surface area contributed by atoms with E-state index in [1.165, 1.54) is 0 Å². The summed E-state index contributed by atoms with van der Waals surface area (Å²) >= 11 is 0. The van der Waals surface area contributed by atoms with Crippen molar-refractivity contribution in [1.29, 1.82) is 0 Å². The van der Waals surface area contributed by atoms with Crippen LogP contribution in [0.2, 0.25) is 0 Å². The number of rotatable bonds is 8. The van der Waals surface area contributed by atoms with Gasteiger partial charge in [-0.2, -0.15) is 13.2 Å². The minimum atomic E-state index is -4.16. The number of carbonyl (C=O) groups is 2. The number of nitrogens with one attached hydrogen (secondary N) is 2. The van der Waals surface area contributed by atoms with Gasteiger partial charge in [0.15, 0.2) is 0 Å². The third-order valence-electron chi connectivity index (χ3n) is 7.80. The number of pyridine rings is 1. The van der Waals surface area contributed by atoms with Crippen LogP contribution in [0.4, 0.5) is 19.0 Å². The predicted octanol–water partition coefficient (Wildman–Crippen LogP) is 4.55. The van der Waals surface area contributed by atoms with E-state index >= 15 is 0 Å². The molecular formula is C28H38F3N5O2. The fourth-order valence-electron chi connectivity index (χ4n) is 5.75. The van der Waals surface area contributed by atoms with Crippen molar-refractivity contribution in [3.8, 4) is 0 Å². The van der Waals surface area contributed by atoms with E-state index < -0.39 is 24.2 Å². The van der Waals surface area contributed by atoms with Crippen LogP contribution in [0.25, 0.3) is 10.8 Å². The minimum Gasteiger partial charge on any atom is -0.383 e. The van der Waals surface area contributed by atoms with Gasteiger partial charge in [0.25, 0.3) is 0 Å². The van der Waals surface area contributed by atoms with Gasteiger partial charge in [0.05, 0.1) is 12.0 Å². The Morgan fingerprint density at radius 1 is 1.13 bits per heavy atom. The number of amides is 2. The van der Waals surface area contributed by atoms with Crippen LogP contribution in [0.3, 0.4) is 0 Å². The van der Waals surface area contributed by atoms with Crippen LogP contribution in [0, 0.1) is 11.8 Å². The fraction of sp³-hybridized carbons (Fsp3) is 0.607. The Kier molecular flexibility index (Phi) is 8.80. The van der Waals surface area contributed by atoms with Gasteiger partial charge in [-0.1, -0.05) is 26.0 Å². The van der Waals surface area contributed by atoms with Crippen molar-refractivity contribution in [2.75, 3.05) is 12.3 Å². The Hall–Kier alpha value is -2.88. The molecule has 2 heterocycles. The largest absolute Gasteiger partial charge is 0.391 e. The summed E-state index contributed by atoms with van der Waals surface area (Å²) in [4.78, 5) is 32.5. The molecule has 0 bridgehead atoms. The maximum Gasteiger partial charge on any atom is 0.391 e. The van der Waals surface area contributed by atoms with Gasteiger partial charge < -0.3 is 21.3 Å². The van der Waals surface area contributed by atoms with Crippen molar-refractivity contribution in [1.82, 2.24) is 20.5 Å². The summed E-state index contributed by atoms with van der Waals surface area (Å²) in [6.45, 7) is 4.86. The average molecular weight is 534 g/mol. The van der Waals surface area contributed by atoms with Gasteiger partial charge in [-0.25, -0.2) is 4.98 Å². The van der Waals surface area contributed by atoms with E-state index in [1.807, 2.05) is 38.1 Å². The lowest BCUT2D eigenvalue weighted by Crippen LogP contribution is -2.55. The van der Waals surface area contributed by atoms with Crippen molar-refractivity contribution >= 4 is 28.4 Å². The van der Waals surface area contributed by atoms with Gasteiger partial charge in [-0.05, 0) is 73.9 Å². The first-order chi connectivity index (χ1) is 18.0. The van der Waals surface area contributed by atoms with Gasteiger partial charge in [0, 0.05) is 30.7 Å². The van der Waals surface area contributed by atoms with E-state index in [0.717, 1.165) is 22.8 Å². The summed E-state index contributed by atoms with van der Waals surface area (Å²) in [5, 5.41) is 8.14. The lowest BCUT2D eigenvalue weighted by molar-refractivity contribution is -0.183. The number of carbonyl (C=O) groups excluding carboxylic acids is 2. The molecule has 1 aliphatic heterocycles. The highest BCUT2D eigenvalue weighted by Gasteiger charge is 2.43. The second-order valence-electron chi connectivity index (χ2n) is 11.1. The molecule has 2 aliphatic rings. The summed E-state index contributed by atoms with van der Waals surface area (Å²) in [6, 6.07) is 6.40. The molecule has 38 heavy (non-hydrogen) atoms. The van der Waals surface area contributed by atoms with Gasteiger partial charge in [0.1, 0.15) is 11.9 Å². The number of aromatic nitrogens is 1. The molecule has 4 rings (SSSR count). The molecule has 1 aromatic carbocycles. The summed E-state index contributed by atoms with van der Waals surface area (Å²) in [7, 11) is 0. The summed E-state index contributed by atoms with van der Waals surface area (Å²) in [5.74, 6) is -0.920. The number of nitrogen functional groups attached to an aromatic ring is 1. The SMILES string of the molecule is CC(C)C[C@@H](NC1CCC(C(F)(F)F)CC1)C(=O)N1CCC[C@H]1C(=O)NCc1ccc2c(N)nccc2c1. The first kappa shape index (κ1) is 28.1. The van der Waals surface area contributed by atoms with Crippen LogP contribution in [0.5, 0.6) is 0 Å². The molecule has 7 nitrogen and oxygen atoms in total. The second kappa shape index (κ2) is 11.9. The topological polar surface area (TPSA) is 100 Å². The van der Waals surface area contributed by atoms with Crippen molar-refractivity contribution in [3.05, 3.63) is 36.0 Å². The number of nitrogens with zero attached hydrogens (tertiary/aromatic N) is 2. The molecule has 2 atom stereocenters. The van der Waals surface area contributed by atoms with Gasteiger partial charge in [-0.15, -0.1) is 0 Å². The Morgan fingerprint density at radius 2 is 1.87 bits per heavy atom. The molecule has 1 saturated heterocycles. The Bertz CT molecular complexity index is 1130. The van der Waals surface area contributed by atoms with Crippen LogP contribution in [-0.4, -0.2) is 52.5 Å². The normalized spacial score (nSPS) is 23.1. The Morgan fingerprint density at radius 3 is 2.55 bits per heavy atom. The van der Waals surface area contributed by atoms with Gasteiger partial charge >= 0.3 is 6.18 Å². The summed E-state index contributed by atoms with van der Waals surface area (Å²) in [5.41, 5.74) is 6.84. The number of hydrogen-bond acceptors (Lipinski definition) is 5. The first-order valence-electron chi connectivity index (χ1n) is 13.6. The molecule has 0 unspecified atom stereocenters. The molecule has 2 aromatic rings. The third-order valence-corrected chi connectivity index (χ3v) is 7.80. The third kappa shape index (κ3) is 6.76. The minimum absolute atomic E-state index is 0.0797. The number of nitrogens with two attached hydrogens (primary N) is 1. The highest BCUT2D eigenvalue weighted by molar-refractivity contribution is 5.92. The molecule has 1 aromatic heterocycles. The molecule has 1 saturated carbocycles.